The van der Waals surface area contributed by atoms with Gasteiger partial charge in [-0.3, -0.25) is 9.36 Å². The van der Waals surface area contributed by atoms with Crippen LogP contribution in [-0.4, -0.2) is 18.0 Å². The van der Waals surface area contributed by atoms with Crippen LogP contribution in [0.3, 0.4) is 0 Å². The SMILES string of the molecule is COP(=O)(c1cc(Cl)cc(C#N)c1)c1c(C(N)=O)[nH]c2ccc(Cl)c(F)c12. The molecular formula is C17H11Cl2FN3O3P. The van der Waals surface area contributed by atoms with Gasteiger partial charge in [-0.25, -0.2) is 4.39 Å². The summed E-state index contributed by atoms with van der Waals surface area (Å²) in [6, 6.07) is 8.58. The van der Waals surface area contributed by atoms with Crippen LogP contribution in [0.5, 0.6) is 0 Å². The van der Waals surface area contributed by atoms with E-state index in [1.807, 2.05) is 6.07 Å². The fraction of sp³-hybridized carbons (Fsp3) is 0.0588. The zero-order valence-corrected chi connectivity index (χ0v) is 16.1. The lowest BCUT2D eigenvalue weighted by molar-refractivity contribution is 0.0997. The van der Waals surface area contributed by atoms with Crippen LogP contribution in [0.25, 0.3) is 10.9 Å². The molecule has 0 aliphatic rings. The summed E-state index contributed by atoms with van der Waals surface area (Å²) in [5, 5.41) is 8.61. The monoisotopic (exact) mass is 425 g/mol. The summed E-state index contributed by atoms with van der Waals surface area (Å²) in [7, 11) is -2.94. The second-order valence-electron chi connectivity index (χ2n) is 5.54. The topological polar surface area (TPSA) is 109 Å². The smallest absolute Gasteiger partial charge is 0.266 e. The molecule has 3 aromatic rings. The second kappa shape index (κ2) is 6.99. The van der Waals surface area contributed by atoms with Crippen molar-refractivity contribution in [2.75, 3.05) is 7.11 Å². The molecule has 1 aromatic heterocycles. The summed E-state index contributed by atoms with van der Waals surface area (Å²) in [4.78, 5) is 14.6. The highest BCUT2D eigenvalue weighted by Gasteiger charge is 2.37. The van der Waals surface area contributed by atoms with Gasteiger partial charge in [0.1, 0.15) is 5.69 Å². The molecule has 0 bridgehead atoms. The van der Waals surface area contributed by atoms with Gasteiger partial charge < -0.3 is 15.2 Å². The third-order valence-electron chi connectivity index (χ3n) is 3.98. The van der Waals surface area contributed by atoms with Gasteiger partial charge in [0.15, 0.2) is 5.82 Å². The van der Waals surface area contributed by atoms with Crippen LogP contribution in [0, 0.1) is 17.1 Å². The first-order chi connectivity index (χ1) is 12.7. The van der Waals surface area contributed by atoms with E-state index in [-0.39, 0.29) is 42.8 Å². The number of nitriles is 1. The average molecular weight is 426 g/mol. The van der Waals surface area contributed by atoms with Crippen molar-refractivity contribution >= 4 is 58.0 Å². The first kappa shape index (κ1) is 19.4. The van der Waals surface area contributed by atoms with E-state index in [2.05, 4.69) is 4.98 Å². The number of nitrogens with zero attached hydrogens (tertiary/aromatic N) is 1. The zero-order chi connectivity index (χ0) is 19.9. The van der Waals surface area contributed by atoms with Crippen molar-refractivity contribution in [3.05, 3.63) is 57.5 Å². The predicted octanol–water partition coefficient (Wildman–Crippen LogP) is 3.46. The third-order valence-corrected chi connectivity index (χ3v) is 6.98. The Balaban J connectivity index is 2.48. The normalized spacial score (nSPS) is 13.3. The summed E-state index contributed by atoms with van der Waals surface area (Å²) in [5.41, 5.74) is 5.41. The van der Waals surface area contributed by atoms with Gasteiger partial charge in [0, 0.05) is 23.0 Å². The second-order valence-corrected chi connectivity index (χ2v) is 8.82. The van der Waals surface area contributed by atoms with Crippen molar-refractivity contribution < 1.29 is 18.3 Å². The van der Waals surface area contributed by atoms with Crippen LogP contribution in [0.15, 0.2) is 30.3 Å². The fourth-order valence-corrected chi connectivity index (χ4v) is 5.52. The molecular weight excluding hydrogens is 415 g/mol. The summed E-state index contributed by atoms with van der Waals surface area (Å²) in [5.74, 6) is -1.84. The molecule has 0 radical (unpaired) electrons. The van der Waals surface area contributed by atoms with Gasteiger partial charge >= 0.3 is 0 Å². The lowest BCUT2D eigenvalue weighted by atomic mass is 10.2. The van der Waals surface area contributed by atoms with Gasteiger partial charge in [0.05, 0.1) is 27.3 Å². The largest absolute Gasteiger partial charge is 0.364 e. The van der Waals surface area contributed by atoms with Crippen LogP contribution in [0.1, 0.15) is 16.1 Å². The van der Waals surface area contributed by atoms with E-state index >= 15 is 0 Å². The quantitative estimate of drug-likeness (QED) is 0.623. The molecule has 0 saturated carbocycles. The number of hydrogen-bond donors (Lipinski definition) is 2. The van der Waals surface area contributed by atoms with Crippen LogP contribution in [0.4, 0.5) is 4.39 Å². The molecule has 0 aliphatic carbocycles. The standard InChI is InChI=1S/C17H11Cl2FN3O3P/c1-26-27(25,10-5-8(7-21)4-9(18)6-10)16-13-12(23-15(16)17(22)24)3-2-11(19)14(13)20/h2-6,23H,1H3,(H2,22,24). The van der Waals surface area contributed by atoms with Crippen molar-refractivity contribution in [1.82, 2.24) is 4.98 Å². The minimum absolute atomic E-state index is 0.0109. The Hall–Kier alpha value is -2.36. The number of primary amides is 1. The number of nitrogens with two attached hydrogens (primary N) is 1. The van der Waals surface area contributed by atoms with Gasteiger partial charge in [0.2, 0.25) is 0 Å². The summed E-state index contributed by atoms with van der Waals surface area (Å²) in [6.07, 6.45) is 0. The van der Waals surface area contributed by atoms with Crippen molar-refractivity contribution in [3.63, 3.8) is 0 Å². The highest BCUT2D eigenvalue weighted by Crippen LogP contribution is 2.48. The van der Waals surface area contributed by atoms with Crippen LogP contribution in [0.2, 0.25) is 10.0 Å². The first-order valence-electron chi connectivity index (χ1n) is 7.40. The molecule has 0 saturated heterocycles. The van der Waals surface area contributed by atoms with Crippen molar-refractivity contribution in [3.8, 4) is 6.07 Å². The molecule has 3 rings (SSSR count). The van der Waals surface area contributed by atoms with Gasteiger partial charge in [-0.2, -0.15) is 5.26 Å². The highest BCUT2D eigenvalue weighted by molar-refractivity contribution is 7.75. The molecule has 10 heteroatoms. The number of H-pyrrole nitrogens is 1. The Morgan fingerprint density at radius 1 is 1.33 bits per heavy atom. The molecule has 0 aliphatic heterocycles. The van der Waals surface area contributed by atoms with Crippen molar-refractivity contribution in [1.29, 1.82) is 5.26 Å². The van der Waals surface area contributed by atoms with Gasteiger partial charge in [0.25, 0.3) is 13.3 Å². The first-order valence-corrected chi connectivity index (χ1v) is 9.78. The Bertz CT molecular complexity index is 1190. The average Bonchev–Trinajstić information content (AvgIpc) is 3.04. The maximum Gasteiger partial charge on any atom is 0.266 e. The molecule has 1 unspecified atom stereocenters. The van der Waals surface area contributed by atoms with E-state index in [9.17, 15) is 13.8 Å². The van der Waals surface area contributed by atoms with E-state index < -0.39 is 19.1 Å². The third kappa shape index (κ3) is 3.11. The van der Waals surface area contributed by atoms with E-state index in [4.69, 9.17) is 38.7 Å². The van der Waals surface area contributed by atoms with Crippen molar-refractivity contribution in [2.24, 2.45) is 5.73 Å². The molecule has 1 amide bonds. The lowest BCUT2D eigenvalue weighted by Crippen LogP contribution is -2.26. The molecule has 0 spiro atoms. The highest BCUT2D eigenvalue weighted by atomic mass is 35.5. The van der Waals surface area contributed by atoms with E-state index in [1.54, 1.807) is 0 Å². The predicted molar refractivity (Wildman–Crippen MR) is 102 cm³/mol. The van der Waals surface area contributed by atoms with Gasteiger partial charge in [-0.15, -0.1) is 0 Å². The van der Waals surface area contributed by atoms with Crippen LogP contribution in [-0.2, 0) is 9.09 Å². The summed E-state index contributed by atoms with van der Waals surface area (Å²) < 4.78 is 33.9. The zero-order valence-electron chi connectivity index (χ0n) is 13.7. The molecule has 138 valence electrons. The number of benzene rings is 2. The number of carbonyl (C=O) groups is 1. The Labute approximate surface area is 163 Å². The molecule has 0 fully saturated rings. The number of aromatic nitrogens is 1. The van der Waals surface area contributed by atoms with Gasteiger partial charge in [-0.05, 0) is 30.3 Å². The maximum atomic E-state index is 14.8. The number of carbonyl (C=O) groups excluding carboxylic acids is 1. The molecule has 2 aromatic carbocycles. The summed E-state index contributed by atoms with van der Waals surface area (Å²) in [6.45, 7) is 0. The van der Waals surface area contributed by atoms with E-state index in [0.29, 0.717) is 0 Å². The number of nitrogens with one attached hydrogen (secondary N) is 1. The van der Waals surface area contributed by atoms with Gasteiger partial charge in [-0.1, -0.05) is 23.2 Å². The molecule has 27 heavy (non-hydrogen) atoms. The molecule has 6 nitrogen and oxygen atoms in total. The van der Waals surface area contributed by atoms with Crippen LogP contribution >= 0.6 is 30.6 Å². The van der Waals surface area contributed by atoms with E-state index in [0.717, 1.165) is 7.11 Å². The molecule has 3 N–H and O–H groups in total. The Morgan fingerprint density at radius 2 is 2.04 bits per heavy atom. The fourth-order valence-electron chi connectivity index (χ4n) is 2.81. The number of aromatic amines is 1. The molecule has 1 atom stereocenters. The number of halogens is 3. The minimum Gasteiger partial charge on any atom is -0.364 e. The summed E-state index contributed by atoms with van der Waals surface area (Å²) >= 11 is 11.9. The van der Waals surface area contributed by atoms with Crippen LogP contribution < -0.4 is 16.3 Å². The minimum atomic E-state index is -4.07. The number of hydrogen-bond acceptors (Lipinski definition) is 4. The Kier molecular flexibility index (Phi) is 5.02. The molecule has 1 heterocycles. The lowest BCUT2D eigenvalue weighted by Gasteiger charge is -2.18. The maximum absolute atomic E-state index is 14.8. The Morgan fingerprint density at radius 3 is 2.63 bits per heavy atom. The van der Waals surface area contributed by atoms with E-state index in [1.165, 1.54) is 30.3 Å². The number of amides is 1. The van der Waals surface area contributed by atoms with Crippen molar-refractivity contribution in [2.45, 2.75) is 0 Å². The number of rotatable bonds is 4. The number of fused-ring (bicyclic) bond motifs is 1.